The Morgan fingerprint density at radius 3 is 3.07 bits per heavy atom. The average Bonchev–Trinajstić information content (AvgIpc) is 2.83. The molecule has 0 aliphatic rings. The SMILES string of the molecule is CNCCc1cn(C)nc1-c1ccc[nH]1. The maximum Gasteiger partial charge on any atom is 0.112 e. The maximum absolute atomic E-state index is 4.46. The molecule has 2 N–H and O–H groups in total. The highest BCUT2D eigenvalue weighted by atomic mass is 15.3. The highest BCUT2D eigenvalue weighted by molar-refractivity contribution is 5.58. The predicted molar refractivity (Wildman–Crippen MR) is 60.6 cm³/mol. The standard InChI is InChI=1S/C11H16N4/c1-12-7-5-9-8-15(2)14-11(9)10-4-3-6-13-10/h3-4,6,8,12-13H,5,7H2,1-2H3. The van der Waals surface area contributed by atoms with Gasteiger partial charge in [-0.05, 0) is 32.1 Å². The van der Waals surface area contributed by atoms with Crippen molar-refractivity contribution in [2.45, 2.75) is 6.42 Å². The number of aryl methyl sites for hydroxylation is 1. The molecule has 0 saturated carbocycles. The van der Waals surface area contributed by atoms with E-state index in [9.17, 15) is 0 Å². The van der Waals surface area contributed by atoms with Gasteiger partial charge in [-0.1, -0.05) is 0 Å². The van der Waals surface area contributed by atoms with Crippen molar-refractivity contribution < 1.29 is 0 Å². The van der Waals surface area contributed by atoms with Gasteiger partial charge in [0.15, 0.2) is 0 Å². The molecule has 0 saturated heterocycles. The van der Waals surface area contributed by atoms with Gasteiger partial charge in [0.05, 0.1) is 5.69 Å². The van der Waals surface area contributed by atoms with Crippen LogP contribution in [0.4, 0.5) is 0 Å². The Labute approximate surface area is 89.3 Å². The lowest BCUT2D eigenvalue weighted by Gasteiger charge is -1.99. The fourth-order valence-electron chi connectivity index (χ4n) is 1.68. The average molecular weight is 204 g/mol. The Morgan fingerprint density at radius 1 is 1.53 bits per heavy atom. The number of aromatic nitrogens is 3. The predicted octanol–water partition coefficient (Wildman–Crippen LogP) is 1.18. The van der Waals surface area contributed by atoms with Gasteiger partial charge >= 0.3 is 0 Å². The second-order valence-corrected chi connectivity index (χ2v) is 3.61. The smallest absolute Gasteiger partial charge is 0.112 e. The quantitative estimate of drug-likeness (QED) is 0.785. The first-order valence-corrected chi connectivity index (χ1v) is 5.12. The molecule has 4 nitrogen and oxygen atoms in total. The number of likely N-dealkylation sites (N-methyl/N-ethyl adjacent to an activating group) is 1. The van der Waals surface area contributed by atoms with Crippen molar-refractivity contribution in [3.63, 3.8) is 0 Å². The van der Waals surface area contributed by atoms with E-state index >= 15 is 0 Å². The molecule has 0 spiro atoms. The molecule has 2 rings (SSSR count). The fraction of sp³-hybridized carbons (Fsp3) is 0.364. The zero-order valence-electron chi connectivity index (χ0n) is 9.12. The number of hydrogen-bond acceptors (Lipinski definition) is 2. The lowest BCUT2D eigenvalue weighted by molar-refractivity contribution is 0.764. The summed E-state index contributed by atoms with van der Waals surface area (Å²) in [7, 11) is 3.92. The Kier molecular flexibility index (Phi) is 2.87. The van der Waals surface area contributed by atoms with Crippen LogP contribution < -0.4 is 5.32 Å². The minimum Gasteiger partial charge on any atom is -0.360 e. The highest BCUT2D eigenvalue weighted by Gasteiger charge is 2.09. The highest BCUT2D eigenvalue weighted by Crippen LogP contribution is 2.19. The number of H-pyrrole nitrogens is 1. The molecule has 80 valence electrons. The molecule has 0 aliphatic heterocycles. The minimum absolute atomic E-state index is 0.972. The first-order valence-electron chi connectivity index (χ1n) is 5.12. The minimum atomic E-state index is 0.972. The summed E-state index contributed by atoms with van der Waals surface area (Å²) in [4.78, 5) is 3.19. The topological polar surface area (TPSA) is 45.6 Å². The van der Waals surface area contributed by atoms with Crippen molar-refractivity contribution in [1.29, 1.82) is 0 Å². The number of nitrogens with zero attached hydrogens (tertiary/aromatic N) is 2. The van der Waals surface area contributed by atoms with E-state index in [1.165, 1.54) is 5.56 Å². The molecule has 4 heteroatoms. The normalized spacial score (nSPS) is 10.8. The molecule has 0 aliphatic carbocycles. The molecular weight excluding hydrogens is 188 g/mol. The van der Waals surface area contributed by atoms with E-state index in [2.05, 4.69) is 21.6 Å². The van der Waals surface area contributed by atoms with Crippen molar-refractivity contribution in [1.82, 2.24) is 20.1 Å². The molecule has 0 bridgehead atoms. The van der Waals surface area contributed by atoms with Gasteiger partial charge in [-0.2, -0.15) is 5.10 Å². The van der Waals surface area contributed by atoms with Crippen LogP contribution in [0.3, 0.4) is 0 Å². The van der Waals surface area contributed by atoms with Crippen LogP contribution in [0.5, 0.6) is 0 Å². The molecule has 0 radical (unpaired) electrons. The van der Waals surface area contributed by atoms with Crippen LogP contribution in [0.2, 0.25) is 0 Å². The molecule has 2 heterocycles. The lowest BCUT2D eigenvalue weighted by atomic mass is 10.1. The van der Waals surface area contributed by atoms with Gasteiger partial charge in [0, 0.05) is 25.0 Å². The van der Waals surface area contributed by atoms with Gasteiger partial charge in [0.2, 0.25) is 0 Å². The summed E-state index contributed by atoms with van der Waals surface area (Å²) in [6.07, 6.45) is 5.00. The Balaban J connectivity index is 2.29. The third kappa shape index (κ3) is 2.10. The van der Waals surface area contributed by atoms with Crippen LogP contribution in [0.25, 0.3) is 11.4 Å². The number of hydrogen-bond donors (Lipinski definition) is 2. The molecule has 0 amide bonds. The van der Waals surface area contributed by atoms with Gasteiger partial charge in [-0.25, -0.2) is 0 Å². The van der Waals surface area contributed by atoms with E-state index in [-0.39, 0.29) is 0 Å². The number of aromatic amines is 1. The van der Waals surface area contributed by atoms with Crippen LogP contribution in [0.15, 0.2) is 24.5 Å². The summed E-state index contributed by atoms with van der Waals surface area (Å²) in [5.41, 5.74) is 3.41. The summed E-state index contributed by atoms with van der Waals surface area (Å²) in [6.45, 7) is 0.972. The third-order valence-electron chi connectivity index (χ3n) is 2.40. The van der Waals surface area contributed by atoms with E-state index in [1.54, 1.807) is 0 Å². The number of rotatable bonds is 4. The summed E-state index contributed by atoms with van der Waals surface area (Å²) in [5.74, 6) is 0. The first kappa shape index (κ1) is 9.98. The molecule has 0 unspecified atom stereocenters. The second kappa shape index (κ2) is 4.31. The summed E-state index contributed by atoms with van der Waals surface area (Å²) in [5, 5.41) is 7.61. The van der Waals surface area contributed by atoms with E-state index in [0.29, 0.717) is 0 Å². The first-order chi connectivity index (χ1) is 7.31. The second-order valence-electron chi connectivity index (χ2n) is 3.61. The molecule has 2 aromatic heterocycles. The van der Waals surface area contributed by atoms with Crippen LogP contribution in [0, 0.1) is 0 Å². The Morgan fingerprint density at radius 2 is 2.40 bits per heavy atom. The van der Waals surface area contributed by atoms with Crippen molar-refractivity contribution in [3.8, 4) is 11.4 Å². The number of nitrogens with one attached hydrogen (secondary N) is 2. The van der Waals surface area contributed by atoms with Gasteiger partial charge in [-0.15, -0.1) is 0 Å². The maximum atomic E-state index is 4.46. The van der Waals surface area contributed by atoms with Crippen molar-refractivity contribution in [2.24, 2.45) is 7.05 Å². The zero-order chi connectivity index (χ0) is 10.7. The molecule has 0 atom stereocenters. The van der Waals surface area contributed by atoms with Gasteiger partial charge in [-0.3, -0.25) is 4.68 Å². The lowest BCUT2D eigenvalue weighted by Crippen LogP contribution is -2.10. The fourth-order valence-corrected chi connectivity index (χ4v) is 1.68. The Bertz CT molecular complexity index is 414. The van der Waals surface area contributed by atoms with Gasteiger partial charge < -0.3 is 10.3 Å². The van der Waals surface area contributed by atoms with Crippen molar-refractivity contribution in [2.75, 3.05) is 13.6 Å². The van der Waals surface area contributed by atoms with Crippen molar-refractivity contribution >= 4 is 0 Å². The summed E-state index contributed by atoms with van der Waals surface area (Å²) >= 11 is 0. The van der Waals surface area contributed by atoms with E-state index in [4.69, 9.17) is 0 Å². The molecule has 0 fully saturated rings. The Hall–Kier alpha value is -1.55. The summed E-state index contributed by atoms with van der Waals surface area (Å²) in [6, 6.07) is 4.04. The van der Waals surface area contributed by atoms with Crippen molar-refractivity contribution in [3.05, 3.63) is 30.1 Å². The zero-order valence-corrected chi connectivity index (χ0v) is 9.12. The molecule has 2 aromatic rings. The third-order valence-corrected chi connectivity index (χ3v) is 2.40. The monoisotopic (exact) mass is 204 g/mol. The summed E-state index contributed by atoms with van der Waals surface area (Å²) < 4.78 is 1.86. The van der Waals surface area contributed by atoms with E-state index in [1.807, 2.05) is 37.1 Å². The van der Waals surface area contributed by atoms with Gasteiger partial charge in [0.1, 0.15) is 5.69 Å². The molecule has 0 aromatic carbocycles. The van der Waals surface area contributed by atoms with Crippen LogP contribution in [-0.2, 0) is 13.5 Å². The van der Waals surface area contributed by atoms with E-state index < -0.39 is 0 Å². The van der Waals surface area contributed by atoms with Crippen LogP contribution in [-0.4, -0.2) is 28.4 Å². The largest absolute Gasteiger partial charge is 0.360 e. The van der Waals surface area contributed by atoms with Gasteiger partial charge in [0.25, 0.3) is 0 Å². The van der Waals surface area contributed by atoms with Crippen LogP contribution in [0.1, 0.15) is 5.56 Å². The molecular formula is C11H16N4. The van der Waals surface area contributed by atoms with E-state index in [0.717, 1.165) is 24.4 Å². The van der Waals surface area contributed by atoms with Crippen LogP contribution >= 0.6 is 0 Å². The molecule has 15 heavy (non-hydrogen) atoms.